The molecule has 0 spiro atoms. The Morgan fingerprint density at radius 1 is 0.604 bits per heavy atom. The molecule has 0 amide bonds. The monoisotopic (exact) mass is 750 g/mol. The molecule has 53 heavy (non-hydrogen) atoms. The van der Waals surface area contributed by atoms with E-state index >= 15 is 0 Å². The van der Waals surface area contributed by atoms with Gasteiger partial charge in [0.2, 0.25) is 17.5 Å². The van der Waals surface area contributed by atoms with E-state index < -0.39 is 60.7 Å². The Bertz CT molecular complexity index is 1710. The number of hydrogen-bond acceptors (Lipinski definition) is 16. The van der Waals surface area contributed by atoms with Gasteiger partial charge in [0.05, 0.1) is 41.2 Å². The van der Waals surface area contributed by atoms with Crippen molar-refractivity contribution in [2.24, 2.45) is 0 Å². The first kappa shape index (κ1) is 40.5. The molecule has 10 atom stereocenters. The molecule has 2 aliphatic heterocycles. The van der Waals surface area contributed by atoms with Crippen LogP contribution in [0.2, 0.25) is 0 Å². The molecule has 0 unspecified atom stereocenters. The molecule has 0 N–H and O–H groups in total. The Morgan fingerprint density at radius 3 is 1.79 bits per heavy atom. The van der Waals surface area contributed by atoms with Crippen molar-refractivity contribution in [1.29, 1.82) is 0 Å². The van der Waals surface area contributed by atoms with Crippen LogP contribution in [0.1, 0.15) is 6.92 Å². The van der Waals surface area contributed by atoms with E-state index in [4.69, 9.17) is 70.7 Å². The molecule has 0 bridgehead atoms. The van der Waals surface area contributed by atoms with Crippen LogP contribution in [0.5, 0.6) is 28.7 Å². The predicted octanol–water partition coefficient (Wildman–Crippen LogP) is 3.45. The van der Waals surface area contributed by atoms with Gasteiger partial charge in [-0.25, -0.2) is 0 Å². The first-order valence-corrected chi connectivity index (χ1v) is 16.9. The minimum absolute atomic E-state index is 0.0670. The quantitative estimate of drug-likeness (QED) is 0.209. The summed E-state index contributed by atoms with van der Waals surface area (Å²) in [4.78, 5) is 14.6. The van der Waals surface area contributed by atoms with Gasteiger partial charge in [0, 0.05) is 60.4 Å². The highest BCUT2D eigenvalue weighted by Crippen LogP contribution is 2.41. The zero-order valence-corrected chi connectivity index (χ0v) is 31.9. The van der Waals surface area contributed by atoms with Gasteiger partial charge in [0.15, 0.2) is 23.5 Å². The number of methoxy groups -OCH3 is 10. The van der Waals surface area contributed by atoms with Crippen molar-refractivity contribution in [3.8, 4) is 40.1 Å². The summed E-state index contributed by atoms with van der Waals surface area (Å²) >= 11 is 0. The molecule has 16 nitrogen and oxygen atoms in total. The van der Waals surface area contributed by atoms with Crippen LogP contribution in [0.4, 0.5) is 0 Å². The van der Waals surface area contributed by atoms with Crippen molar-refractivity contribution in [3.63, 3.8) is 0 Å². The van der Waals surface area contributed by atoms with Crippen LogP contribution in [0.3, 0.4) is 0 Å². The minimum atomic E-state index is -1.25. The summed E-state index contributed by atoms with van der Waals surface area (Å²) in [5.74, 6) is 1.37. The van der Waals surface area contributed by atoms with Gasteiger partial charge < -0.3 is 70.7 Å². The molecule has 3 heterocycles. The third kappa shape index (κ3) is 7.92. The molecule has 2 aliphatic rings. The number of fused-ring (bicyclic) bond motifs is 1. The summed E-state index contributed by atoms with van der Waals surface area (Å²) in [6.45, 7) is 1.80. The number of ether oxygens (including phenoxy) is 14. The Kier molecular flexibility index (Phi) is 13.8. The summed E-state index contributed by atoms with van der Waals surface area (Å²) in [6.07, 6.45) is -7.18. The smallest absolute Gasteiger partial charge is 0.239 e. The molecule has 2 saturated heterocycles. The third-order valence-electron chi connectivity index (χ3n) is 9.60. The van der Waals surface area contributed by atoms with Gasteiger partial charge in [-0.3, -0.25) is 4.79 Å². The highest BCUT2D eigenvalue weighted by molar-refractivity contribution is 5.88. The fourth-order valence-electron chi connectivity index (χ4n) is 6.96. The van der Waals surface area contributed by atoms with Gasteiger partial charge in [0.25, 0.3) is 0 Å². The average Bonchev–Trinajstić information content (AvgIpc) is 3.19. The first-order chi connectivity index (χ1) is 25.7. The zero-order chi connectivity index (χ0) is 38.4. The molecule has 2 aromatic carbocycles. The maximum atomic E-state index is 14.6. The second-order valence-corrected chi connectivity index (χ2v) is 12.3. The van der Waals surface area contributed by atoms with E-state index in [1.807, 2.05) is 6.92 Å². The van der Waals surface area contributed by atoms with E-state index in [0.717, 1.165) is 0 Å². The molecule has 0 radical (unpaired) electrons. The first-order valence-electron chi connectivity index (χ1n) is 16.9. The molecule has 0 aliphatic carbocycles. The Labute approximate surface area is 308 Å². The molecule has 294 valence electrons. The third-order valence-corrected chi connectivity index (χ3v) is 9.60. The summed E-state index contributed by atoms with van der Waals surface area (Å²) < 4.78 is 88.9. The van der Waals surface area contributed by atoms with Crippen LogP contribution in [0, 0.1) is 0 Å². The molecular formula is C37H50O16. The van der Waals surface area contributed by atoms with Crippen LogP contribution in [-0.4, -0.2) is 139 Å². The summed E-state index contributed by atoms with van der Waals surface area (Å²) in [5.41, 5.74) is 0.0870. The maximum Gasteiger partial charge on any atom is 0.239 e. The minimum Gasteiger partial charge on any atom is -0.496 e. The van der Waals surface area contributed by atoms with Gasteiger partial charge >= 0.3 is 0 Å². The average molecular weight is 751 g/mol. The lowest BCUT2D eigenvalue weighted by Crippen LogP contribution is -2.63. The Hall–Kier alpha value is -3.71. The molecule has 3 aromatic rings. The second kappa shape index (κ2) is 18.1. The predicted molar refractivity (Wildman–Crippen MR) is 188 cm³/mol. The second-order valence-electron chi connectivity index (χ2n) is 12.3. The highest BCUT2D eigenvalue weighted by atomic mass is 16.7. The lowest BCUT2D eigenvalue weighted by atomic mass is 9.97. The standard InChI is InChI=1S/C37H50O16/c1-18-28(43-6)32(45-8)34(47-10)36(50-18)49-17-25-30(44-7)33(46-9)35(48-11)37(52-25)53-31-27(38)26-23(42-5)15-20(39-2)16-24(26)51-29(31)19-12-13-21(40-3)22(14-19)41-4/h12-16,18,25,28,30,32-37H,17H2,1-11H3/t18-,25+,28-,30+,32+,33-,34+,35+,36+,37-/m0/s1. The van der Waals surface area contributed by atoms with Crippen LogP contribution < -0.4 is 29.1 Å². The molecule has 0 saturated carbocycles. The van der Waals surface area contributed by atoms with Crippen molar-refractivity contribution >= 4 is 11.0 Å². The van der Waals surface area contributed by atoms with Crippen molar-refractivity contribution < 1.29 is 70.7 Å². The van der Waals surface area contributed by atoms with Gasteiger partial charge in [-0.15, -0.1) is 0 Å². The SMILES string of the molecule is COc1cc(OC)c2c(=O)c(O[C@@H]3O[C@H](CO[C@@H]4O[C@@H](C)[C@H](OC)[C@@H](OC)[C@H]4OC)[C@@H](OC)[C@H](OC)[C@H]3OC)c(-c3ccc(OC)c(OC)c3)oc2c1. The van der Waals surface area contributed by atoms with Crippen molar-refractivity contribution in [2.45, 2.75) is 68.3 Å². The van der Waals surface area contributed by atoms with Gasteiger partial charge in [0.1, 0.15) is 65.2 Å². The molecule has 16 heteroatoms. The zero-order valence-electron chi connectivity index (χ0n) is 31.9. The lowest BCUT2D eigenvalue weighted by Gasteiger charge is -2.46. The van der Waals surface area contributed by atoms with E-state index in [2.05, 4.69) is 0 Å². The van der Waals surface area contributed by atoms with Crippen molar-refractivity contribution in [3.05, 3.63) is 40.6 Å². The van der Waals surface area contributed by atoms with E-state index in [1.165, 1.54) is 49.8 Å². The van der Waals surface area contributed by atoms with Crippen LogP contribution in [0.15, 0.2) is 39.5 Å². The number of rotatable bonds is 16. The normalized spacial score (nSPS) is 28.8. The molecular weight excluding hydrogens is 700 g/mol. The summed E-state index contributed by atoms with van der Waals surface area (Å²) in [6, 6.07) is 8.22. The van der Waals surface area contributed by atoms with Crippen molar-refractivity contribution in [2.75, 3.05) is 77.7 Å². The maximum absolute atomic E-state index is 14.6. The topological polar surface area (TPSA) is 159 Å². The van der Waals surface area contributed by atoms with Crippen LogP contribution >= 0.6 is 0 Å². The van der Waals surface area contributed by atoms with Crippen LogP contribution in [-0.2, 0) is 42.6 Å². The fraction of sp³-hybridized carbons (Fsp3) is 0.595. The molecule has 2 fully saturated rings. The lowest BCUT2D eigenvalue weighted by molar-refractivity contribution is -0.329. The number of benzene rings is 2. The van der Waals surface area contributed by atoms with Crippen LogP contribution in [0.25, 0.3) is 22.3 Å². The Balaban J connectivity index is 1.57. The van der Waals surface area contributed by atoms with Gasteiger partial charge in [-0.1, -0.05) is 0 Å². The van der Waals surface area contributed by atoms with E-state index in [1.54, 1.807) is 51.7 Å². The summed E-state index contributed by atoms with van der Waals surface area (Å²) in [5, 5.41) is 0.117. The largest absolute Gasteiger partial charge is 0.496 e. The van der Waals surface area contributed by atoms with E-state index in [-0.39, 0.29) is 40.9 Å². The number of hydrogen-bond donors (Lipinski definition) is 0. The van der Waals surface area contributed by atoms with E-state index in [9.17, 15) is 4.79 Å². The van der Waals surface area contributed by atoms with Crippen molar-refractivity contribution in [1.82, 2.24) is 0 Å². The fourth-order valence-corrected chi connectivity index (χ4v) is 6.96. The highest BCUT2D eigenvalue weighted by Gasteiger charge is 2.51. The summed E-state index contributed by atoms with van der Waals surface area (Å²) in [7, 11) is 15.2. The van der Waals surface area contributed by atoms with Gasteiger partial charge in [-0.2, -0.15) is 0 Å². The molecule has 5 rings (SSSR count). The van der Waals surface area contributed by atoms with Gasteiger partial charge in [-0.05, 0) is 25.1 Å². The molecule has 1 aromatic heterocycles. The van der Waals surface area contributed by atoms with E-state index in [0.29, 0.717) is 22.8 Å². The Morgan fingerprint density at radius 2 is 1.21 bits per heavy atom.